The van der Waals surface area contributed by atoms with E-state index in [2.05, 4.69) is 15.5 Å². The topological polar surface area (TPSA) is 64.1 Å². The summed E-state index contributed by atoms with van der Waals surface area (Å²) in [6.45, 7) is 5.78. The number of anilines is 1. The van der Waals surface area contributed by atoms with Gasteiger partial charge >= 0.3 is 0 Å². The van der Waals surface area contributed by atoms with Gasteiger partial charge in [0.1, 0.15) is 11.5 Å². The van der Waals surface area contributed by atoms with Crippen molar-refractivity contribution in [3.05, 3.63) is 75.0 Å². The molecule has 0 aliphatic rings. The fourth-order valence-corrected chi connectivity index (χ4v) is 2.88. The average Bonchev–Trinajstić information content (AvgIpc) is 2.60. The first-order chi connectivity index (χ1) is 12.8. The number of rotatable bonds is 4. The summed E-state index contributed by atoms with van der Waals surface area (Å²) in [5, 5.41) is 10.8. The van der Waals surface area contributed by atoms with E-state index in [0.717, 1.165) is 16.7 Å². The van der Waals surface area contributed by atoms with Gasteiger partial charge in [0.05, 0.1) is 17.4 Å². The molecule has 0 spiro atoms. The van der Waals surface area contributed by atoms with Crippen molar-refractivity contribution in [3.8, 4) is 11.5 Å². The third kappa shape index (κ3) is 4.56. The summed E-state index contributed by atoms with van der Waals surface area (Å²) >= 11 is 12.1. The van der Waals surface area contributed by atoms with Gasteiger partial charge in [0.15, 0.2) is 5.15 Å². The largest absolute Gasteiger partial charge is 0.456 e. The van der Waals surface area contributed by atoms with Crippen LogP contribution in [0.5, 0.6) is 11.5 Å². The van der Waals surface area contributed by atoms with Gasteiger partial charge in [-0.3, -0.25) is 4.79 Å². The van der Waals surface area contributed by atoms with E-state index < -0.39 is 0 Å². The molecule has 0 fully saturated rings. The minimum absolute atomic E-state index is 0.187. The van der Waals surface area contributed by atoms with Crippen molar-refractivity contribution in [2.45, 2.75) is 20.8 Å². The van der Waals surface area contributed by atoms with Gasteiger partial charge < -0.3 is 10.1 Å². The lowest BCUT2D eigenvalue weighted by atomic mass is 10.1. The predicted octanol–water partition coefficient (Wildman–Crippen LogP) is 5.75. The molecule has 3 rings (SSSR count). The summed E-state index contributed by atoms with van der Waals surface area (Å²) in [6, 6.07) is 10.7. The monoisotopic (exact) mass is 401 g/mol. The highest BCUT2D eigenvalue weighted by Crippen LogP contribution is 2.33. The maximum absolute atomic E-state index is 12.8. The van der Waals surface area contributed by atoms with E-state index in [1.165, 1.54) is 12.3 Å². The first-order valence-electron chi connectivity index (χ1n) is 8.18. The second-order valence-electron chi connectivity index (χ2n) is 6.19. The van der Waals surface area contributed by atoms with Crippen molar-refractivity contribution >= 4 is 34.8 Å². The van der Waals surface area contributed by atoms with Crippen LogP contribution in [0.15, 0.2) is 42.6 Å². The number of aryl methyl sites for hydroxylation is 3. The van der Waals surface area contributed by atoms with E-state index in [-0.39, 0.29) is 11.1 Å². The molecule has 3 aromatic rings. The van der Waals surface area contributed by atoms with Crippen LogP contribution in [0, 0.1) is 20.8 Å². The molecule has 2 aromatic carbocycles. The van der Waals surface area contributed by atoms with Gasteiger partial charge in [-0.2, -0.15) is 5.10 Å². The van der Waals surface area contributed by atoms with E-state index in [9.17, 15) is 4.79 Å². The molecule has 7 heteroatoms. The smallest absolute Gasteiger partial charge is 0.259 e. The Kier molecular flexibility index (Phi) is 5.63. The van der Waals surface area contributed by atoms with Crippen LogP contribution < -0.4 is 10.1 Å². The summed E-state index contributed by atoms with van der Waals surface area (Å²) in [5.74, 6) is 0.657. The average molecular weight is 402 g/mol. The molecule has 27 heavy (non-hydrogen) atoms. The second kappa shape index (κ2) is 7.94. The van der Waals surface area contributed by atoms with Crippen molar-refractivity contribution < 1.29 is 9.53 Å². The molecular formula is C20H17Cl2N3O2. The molecule has 0 saturated heterocycles. The predicted molar refractivity (Wildman–Crippen MR) is 107 cm³/mol. The lowest BCUT2D eigenvalue weighted by molar-refractivity contribution is 0.102. The van der Waals surface area contributed by atoms with Crippen LogP contribution >= 0.6 is 23.2 Å². The Balaban J connectivity index is 1.96. The lowest BCUT2D eigenvalue weighted by Crippen LogP contribution is -2.14. The van der Waals surface area contributed by atoms with Gasteiger partial charge in [0, 0.05) is 17.2 Å². The van der Waals surface area contributed by atoms with Crippen LogP contribution in [0.3, 0.4) is 0 Å². The fourth-order valence-electron chi connectivity index (χ4n) is 2.56. The summed E-state index contributed by atoms with van der Waals surface area (Å²) in [6.07, 6.45) is 1.41. The summed E-state index contributed by atoms with van der Waals surface area (Å²) in [7, 11) is 0. The van der Waals surface area contributed by atoms with Gasteiger partial charge in [-0.25, -0.2) is 0 Å². The number of ether oxygens (including phenoxy) is 1. The number of benzene rings is 2. The quantitative estimate of drug-likeness (QED) is 0.603. The fraction of sp³-hybridized carbons (Fsp3) is 0.150. The highest BCUT2D eigenvalue weighted by molar-refractivity contribution is 6.31. The van der Waals surface area contributed by atoms with Crippen molar-refractivity contribution in [1.82, 2.24) is 10.2 Å². The minimum Gasteiger partial charge on any atom is -0.456 e. The molecule has 0 aliphatic carbocycles. The number of hydrogen-bond acceptors (Lipinski definition) is 4. The van der Waals surface area contributed by atoms with E-state index in [1.807, 2.05) is 39.0 Å². The minimum atomic E-state index is -0.362. The zero-order chi connectivity index (χ0) is 19.6. The van der Waals surface area contributed by atoms with Gasteiger partial charge in [-0.1, -0.05) is 40.9 Å². The Bertz CT molecular complexity index is 1020. The first-order valence-corrected chi connectivity index (χ1v) is 8.94. The van der Waals surface area contributed by atoms with E-state index in [0.29, 0.717) is 27.8 Å². The summed E-state index contributed by atoms with van der Waals surface area (Å²) in [5.41, 5.74) is 3.64. The molecular weight excluding hydrogens is 385 g/mol. The molecule has 0 radical (unpaired) electrons. The van der Waals surface area contributed by atoms with Crippen molar-refractivity contribution in [2.75, 3.05) is 5.32 Å². The molecule has 138 valence electrons. The molecule has 1 heterocycles. The van der Waals surface area contributed by atoms with Crippen LogP contribution in [-0.2, 0) is 0 Å². The number of halogens is 2. The molecule has 0 aliphatic heterocycles. The number of carbonyl (C=O) groups excluding carboxylic acids is 1. The van der Waals surface area contributed by atoms with Gasteiger partial charge in [0.25, 0.3) is 5.91 Å². The molecule has 5 nitrogen and oxygen atoms in total. The molecule has 1 aromatic heterocycles. The highest BCUT2D eigenvalue weighted by Gasteiger charge is 2.17. The maximum atomic E-state index is 12.8. The Morgan fingerprint density at radius 3 is 2.48 bits per heavy atom. The first kappa shape index (κ1) is 19.1. The molecule has 0 saturated carbocycles. The number of nitrogens with zero attached hydrogens (tertiary/aromatic N) is 2. The van der Waals surface area contributed by atoms with Crippen LogP contribution in [0.4, 0.5) is 5.69 Å². The zero-order valence-electron chi connectivity index (χ0n) is 15.0. The number of hydrogen-bond donors (Lipinski definition) is 1. The zero-order valence-corrected chi connectivity index (χ0v) is 16.5. The normalized spacial score (nSPS) is 10.6. The van der Waals surface area contributed by atoms with Crippen LogP contribution in [0.25, 0.3) is 0 Å². The van der Waals surface area contributed by atoms with Crippen molar-refractivity contribution in [2.24, 2.45) is 0 Å². The van der Waals surface area contributed by atoms with Crippen LogP contribution in [0.1, 0.15) is 27.0 Å². The number of nitrogens with one attached hydrogen (secondary N) is 1. The van der Waals surface area contributed by atoms with E-state index in [4.69, 9.17) is 27.9 Å². The van der Waals surface area contributed by atoms with E-state index >= 15 is 0 Å². The SMILES string of the molecule is Cc1ccc(Oc2cc(Cl)c(C)cc2C(=O)Nc2cnnc(Cl)c2)c(C)c1. The maximum Gasteiger partial charge on any atom is 0.259 e. The standard InChI is InChI=1S/C20H17Cl2N3O2/c1-11-4-5-17(13(3)6-11)27-18-9-16(21)12(2)7-15(18)20(26)24-14-8-19(22)25-23-10-14/h4-10H,1-3H3,(H,24,25,26). The number of amides is 1. The molecule has 0 bridgehead atoms. The third-order valence-electron chi connectivity index (χ3n) is 3.94. The van der Waals surface area contributed by atoms with Gasteiger partial charge in [0.2, 0.25) is 0 Å². The number of carbonyl (C=O) groups is 1. The lowest BCUT2D eigenvalue weighted by Gasteiger charge is -2.15. The van der Waals surface area contributed by atoms with Gasteiger partial charge in [-0.15, -0.1) is 5.10 Å². The Labute approximate surface area is 167 Å². The van der Waals surface area contributed by atoms with Crippen LogP contribution in [0.2, 0.25) is 10.2 Å². The highest BCUT2D eigenvalue weighted by atomic mass is 35.5. The Morgan fingerprint density at radius 2 is 1.78 bits per heavy atom. The molecule has 0 atom stereocenters. The van der Waals surface area contributed by atoms with Crippen LogP contribution in [-0.4, -0.2) is 16.1 Å². The Hall–Kier alpha value is -2.63. The van der Waals surface area contributed by atoms with Crippen molar-refractivity contribution in [1.29, 1.82) is 0 Å². The van der Waals surface area contributed by atoms with Crippen molar-refractivity contribution in [3.63, 3.8) is 0 Å². The second-order valence-corrected chi connectivity index (χ2v) is 6.98. The molecule has 1 N–H and O–H groups in total. The molecule has 0 unspecified atom stereocenters. The molecule has 1 amide bonds. The summed E-state index contributed by atoms with van der Waals surface area (Å²) in [4.78, 5) is 12.8. The van der Waals surface area contributed by atoms with E-state index in [1.54, 1.807) is 12.1 Å². The number of aromatic nitrogens is 2. The summed E-state index contributed by atoms with van der Waals surface area (Å²) < 4.78 is 6.01. The van der Waals surface area contributed by atoms with Gasteiger partial charge in [-0.05, 0) is 44.0 Å². The Morgan fingerprint density at radius 1 is 1.00 bits per heavy atom. The third-order valence-corrected chi connectivity index (χ3v) is 4.53.